The van der Waals surface area contributed by atoms with Gasteiger partial charge in [0.15, 0.2) is 11.5 Å². The molecule has 0 heterocycles. The Balaban J connectivity index is 1.61. The maximum Gasteiger partial charge on any atom is 0.343 e. The molecular weight excluding hydrogens is 446 g/mol. The largest absolute Gasteiger partial charge is 0.493 e. The van der Waals surface area contributed by atoms with Crippen molar-refractivity contribution in [2.75, 3.05) is 12.4 Å². The van der Waals surface area contributed by atoms with Gasteiger partial charge in [0.05, 0.1) is 18.9 Å². The Morgan fingerprint density at radius 1 is 0.939 bits per heavy atom. The maximum atomic E-state index is 12.3. The first-order valence-electron chi connectivity index (χ1n) is 9.74. The van der Waals surface area contributed by atoms with E-state index in [1.165, 1.54) is 19.4 Å². The van der Waals surface area contributed by atoms with E-state index in [1.807, 2.05) is 0 Å². The summed E-state index contributed by atoms with van der Waals surface area (Å²) in [6.07, 6.45) is 1.32. The molecule has 168 valence electrons. The summed E-state index contributed by atoms with van der Waals surface area (Å²) < 4.78 is 10.7. The van der Waals surface area contributed by atoms with Crippen molar-refractivity contribution in [3.63, 3.8) is 0 Å². The van der Waals surface area contributed by atoms with Crippen molar-refractivity contribution in [3.05, 3.63) is 88.4 Å². The number of carbonyl (C=O) groups excluding carboxylic acids is 3. The lowest BCUT2D eigenvalue weighted by Gasteiger charge is -2.10. The number of nitrogens with one attached hydrogen (secondary N) is 2. The van der Waals surface area contributed by atoms with Gasteiger partial charge in [-0.3, -0.25) is 9.59 Å². The molecule has 8 nitrogen and oxygen atoms in total. The van der Waals surface area contributed by atoms with Gasteiger partial charge in [0, 0.05) is 10.7 Å². The van der Waals surface area contributed by atoms with E-state index in [0.717, 1.165) is 0 Å². The third kappa shape index (κ3) is 6.18. The van der Waals surface area contributed by atoms with Crippen molar-refractivity contribution < 1.29 is 23.9 Å². The van der Waals surface area contributed by atoms with E-state index in [0.29, 0.717) is 33.1 Å². The highest BCUT2D eigenvalue weighted by atomic mass is 35.5. The fraction of sp³-hybridized carbons (Fsp3) is 0.0833. The molecule has 0 saturated heterocycles. The van der Waals surface area contributed by atoms with Crippen molar-refractivity contribution in [1.82, 2.24) is 5.43 Å². The van der Waals surface area contributed by atoms with Gasteiger partial charge in [-0.05, 0) is 60.5 Å². The minimum Gasteiger partial charge on any atom is -0.493 e. The lowest BCUT2D eigenvalue weighted by Crippen LogP contribution is -2.32. The number of halogens is 1. The second kappa shape index (κ2) is 10.9. The molecule has 0 unspecified atom stereocenters. The quantitative estimate of drug-likeness (QED) is 0.188. The number of amides is 2. The molecule has 0 aliphatic rings. The molecule has 0 atom stereocenters. The molecule has 0 aromatic heterocycles. The predicted molar refractivity (Wildman–Crippen MR) is 125 cm³/mol. The van der Waals surface area contributed by atoms with Crippen molar-refractivity contribution >= 4 is 41.3 Å². The molecule has 9 heteroatoms. The first-order valence-corrected chi connectivity index (χ1v) is 10.1. The van der Waals surface area contributed by atoms with Gasteiger partial charge in [-0.15, -0.1) is 0 Å². The van der Waals surface area contributed by atoms with Crippen LogP contribution in [0.1, 0.15) is 21.5 Å². The Hall–Kier alpha value is -4.17. The Labute approximate surface area is 195 Å². The van der Waals surface area contributed by atoms with E-state index < -0.39 is 17.8 Å². The molecule has 0 fully saturated rings. The second-order valence-corrected chi connectivity index (χ2v) is 7.14. The van der Waals surface area contributed by atoms with Gasteiger partial charge < -0.3 is 14.8 Å². The van der Waals surface area contributed by atoms with Gasteiger partial charge in [-0.2, -0.15) is 5.10 Å². The average Bonchev–Trinajstić information content (AvgIpc) is 2.83. The summed E-state index contributed by atoms with van der Waals surface area (Å²) in [6.45, 7) is 1.72. The SMILES string of the molecule is COc1cc(/C=N\NC(=O)C(=O)Nc2cccc(Cl)c2C)ccc1OC(=O)c1ccccc1. The van der Waals surface area contributed by atoms with Crippen LogP contribution in [0.4, 0.5) is 5.69 Å². The number of ether oxygens (including phenoxy) is 2. The molecule has 0 radical (unpaired) electrons. The summed E-state index contributed by atoms with van der Waals surface area (Å²) in [5.41, 5.74) is 4.16. The van der Waals surface area contributed by atoms with Gasteiger partial charge >= 0.3 is 17.8 Å². The molecule has 0 aliphatic carbocycles. The van der Waals surface area contributed by atoms with Crippen molar-refractivity contribution in [2.45, 2.75) is 6.92 Å². The van der Waals surface area contributed by atoms with Gasteiger partial charge in [0.25, 0.3) is 0 Å². The van der Waals surface area contributed by atoms with E-state index in [4.69, 9.17) is 21.1 Å². The molecule has 0 saturated carbocycles. The van der Waals surface area contributed by atoms with Crippen LogP contribution in [0.25, 0.3) is 0 Å². The molecule has 3 aromatic rings. The van der Waals surface area contributed by atoms with E-state index in [2.05, 4.69) is 15.8 Å². The van der Waals surface area contributed by atoms with Gasteiger partial charge in [0.2, 0.25) is 0 Å². The van der Waals surface area contributed by atoms with Crippen LogP contribution in [-0.4, -0.2) is 31.1 Å². The summed E-state index contributed by atoms with van der Waals surface area (Å²) in [7, 11) is 1.43. The molecule has 33 heavy (non-hydrogen) atoms. The van der Waals surface area contributed by atoms with Crippen LogP contribution < -0.4 is 20.2 Å². The summed E-state index contributed by atoms with van der Waals surface area (Å²) in [5.74, 6) is -1.85. The highest BCUT2D eigenvalue weighted by Crippen LogP contribution is 2.28. The highest BCUT2D eigenvalue weighted by Gasteiger charge is 2.15. The number of hydrogen-bond donors (Lipinski definition) is 2. The number of hydrazone groups is 1. The molecule has 2 amide bonds. The number of nitrogens with zero attached hydrogens (tertiary/aromatic N) is 1. The molecule has 3 aromatic carbocycles. The van der Waals surface area contributed by atoms with E-state index in [1.54, 1.807) is 67.6 Å². The number of hydrogen-bond acceptors (Lipinski definition) is 6. The molecule has 0 aliphatic heterocycles. The molecule has 3 rings (SSSR count). The number of benzene rings is 3. The fourth-order valence-corrected chi connectivity index (χ4v) is 2.89. The Bertz CT molecular complexity index is 1210. The molecule has 0 spiro atoms. The Morgan fingerprint density at radius 3 is 2.42 bits per heavy atom. The lowest BCUT2D eigenvalue weighted by molar-refractivity contribution is -0.136. The highest BCUT2D eigenvalue weighted by molar-refractivity contribution is 6.40. The fourth-order valence-electron chi connectivity index (χ4n) is 2.72. The van der Waals surface area contributed by atoms with Crippen LogP contribution in [0.2, 0.25) is 5.02 Å². The molecule has 2 N–H and O–H groups in total. The summed E-state index contributed by atoms with van der Waals surface area (Å²) in [6, 6.07) is 18.2. The number of esters is 1. The van der Waals surface area contributed by atoms with Gasteiger partial charge in [-0.25, -0.2) is 10.2 Å². The Morgan fingerprint density at radius 2 is 1.70 bits per heavy atom. The second-order valence-electron chi connectivity index (χ2n) is 6.73. The Kier molecular flexibility index (Phi) is 7.77. The van der Waals surface area contributed by atoms with Crippen LogP contribution in [0.5, 0.6) is 11.5 Å². The zero-order chi connectivity index (χ0) is 23.8. The smallest absolute Gasteiger partial charge is 0.343 e. The first-order chi connectivity index (χ1) is 15.9. The summed E-state index contributed by atoms with van der Waals surface area (Å²) in [5, 5.41) is 6.73. The number of methoxy groups -OCH3 is 1. The minimum absolute atomic E-state index is 0.226. The number of anilines is 1. The number of carbonyl (C=O) groups is 3. The normalized spacial score (nSPS) is 10.5. The van der Waals surface area contributed by atoms with Gasteiger partial charge in [-0.1, -0.05) is 35.9 Å². The van der Waals surface area contributed by atoms with Crippen LogP contribution in [0.3, 0.4) is 0 Å². The predicted octanol–water partition coefficient (Wildman–Crippen LogP) is 3.97. The minimum atomic E-state index is -0.953. The van der Waals surface area contributed by atoms with Crippen LogP contribution in [-0.2, 0) is 9.59 Å². The molecule has 0 bridgehead atoms. The van der Waals surface area contributed by atoms with Crippen molar-refractivity contribution in [2.24, 2.45) is 5.10 Å². The summed E-state index contributed by atoms with van der Waals surface area (Å²) >= 11 is 6.01. The lowest BCUT2D eigenvalue weighted by atomic mass is 10.2. The monoisotopic (exact) mass is 465 g/mol. The van der Waals surface area contributed by atoms with Crippen molar-refractivity contribution in [3.8, 4) is 11.5 Å². The zero-order valence-electron chi connectivity index (χ0n) is 17.8. The number of rotatable bonds is 6. The van der Waals surface area contributed by atoms with Crippen LogP contribution >= 0.6 is 11.6 Å². The topological polar surface area (TPSA) is 106 Å². The van der Waals surface area contributed by atoms with Crippen LogP contribution in [0.15, 0.2) is 71.8 Å². The average molecular weight is 466 g/mol. The maximum absolute atomic E-state index is 12.3. The van der Waals surface area contributed by atoms with Gasteiger partial charge in [0.1, 0.15) is 0 Å². The van der Waals surface area contributed by atoms with E-state index >= 15 is 0 Å². The summed E-state index contributed by atoms with van der Waals surface area (Å²) in [4.78, 5) is 36.3. The third-order valence-electron chi connectivity index (χ3n) is 4.50. The van der Waals surface area contributed by atoms with Crippen molar-refractivity contribution in [1.29, 1.82) is 0 Å². The van der Waals surface area contributed by atoms with Crippen LogP contribution in [0, 0.1) is 6.92 Å². The zero-order valence-corrected chi connectivity index (χ0v) is 18.6. The standard InChI is InChI=1S/C24H20ClN3O5/c1-15-18(25)9-6-10-19(15)27-22(29)23(30)28-26-14-16-11-12-20(21(13-16)32-2)33-24(31)17-7-4-3-5-8-17/h3-14H,1-2H3,(H,27,29)(H,28,30)/b26-14-. The third-order valence-corrected chi connectivity index (χ3v) is 4.91. The molecular formula is C24H20ClN3O5. The van der Waals surface area contributed by atoms with E-state index in [9.17, 15) is 14.4 Å². The first kappa shape index (κ1) is 23.5. The van der Waals surface area contributed by atoms with E-state index in [-0.39, 0.29) is 5.75 Å².